The smallest absolute Gasteiger partial charge is 0.250 e. The molecule has 2 N–H and O–H groups in total. The van der Waals surface area contributed by atoms with Gasteiger partial charge in [0.2, 0.25) is 5.91 Å². The van der Waals surface area contributed by atoms with Gasteiger partial charge >= 0.3 is 0 Å². The summed E-state index contributed by atoms with van der Waals surface area (Å²) in [5, 5.41) is 7.19. The molecule has 1 amide bonds. The van der Waals surface area contributed by atoms with Crippen molar-refractivity contribution in [3.63, 3.8) is 0 Å². The number of hydrogen-bond acceptors (Lipinski definition) is 3. The van der Waals surface area contributed by atoms with E-state index < -0.39 is 0 Å². The fraction of sp³-hybridized carbons (Fsp3) is 0.615. The topological polar surface area (TPSA) is 71.0 Å². The lowest BCUT2D eigenvalue weighted by Crippen LogP contribution is -2.34. The SMILES string of the molecule is CCN(CC)C(=O)C1=CC(N=NN)=C(C)CC1C. The van der Waals surface area contributed by atoms with Crippen molar-refractivity contribution in [2.24, 2.45) is 22.1 Å². The fourth-order valence-corrected chi connectivity index (χ4v) is 2.23. The Hall–Kier alpha value is -1.65. The average molecular weight is 250 g/mol. The van der Waals surface area contributed by atoms with Gasteiger partial charge in [-0.2, -0.15) is 0 Å². The van der Waals surface area contributed by atoms with Crippen molar-refractivity contribution in [3.8, 4) is 0 Å². The van der Waals surface area contributed by atoms with Gasteiger partial charge in [0.15, 0.2) is 0 Å². The first-order chi connectivity index (χ1) is 8.54. The van der Waals surface area contributed by atoms with Crippen molar-refractivity contribution in [1.82, 2.24) is 4.90 Å². The van der Waals surface area contributed by atoms with E-state index in [1.165, 1.54) is 0 Å². The van der Waals surface area contributed by atoms with Gasteiger partial charge in [-0.25, -0.2) is 0 Å². The van der Waals surface area contributed by atoms with E-state index in [0.29, 0.717) is 5.70 Å². The molecule has 1 unspecified atom stereocenters. The number of likely N-dealkylation sites (N-methyl/N-ethyl adjacent to an activating group) is 1. The molecule has 0 aromatic heterocycles. The molecule has 0 bridgehead atoms. The van der Waals surface area contributed by atoms with Crippen LogP contribution in [0.25, 0.3) is 0 Å². The minimum atomic E-state index is 0.0877. The maximum Gasteiger partial charge on any atom is 0.250 e. The Morgan fingerprint density at radius 2 is 2.11 bits per heavy atom. The molecule has 100 valence electrons. The van der Waals surface area contributed by atoms with Crippen molar-refractivity contribution in [2.75, 3.05) is 13.1 Å². The third-order valence-corrected chi connectivity index (χ3v) is 3.34. The number of allylic oxidation sites excluding steroid dienone is 2. The van der Waals surface area contributed by atoms with E-state index in [2.05, 4.69) is 17.3 Å². The minimum absolute atomic E-state index is 0.0877. The van der Waals surface area contributed by atoms with Crippen LogP contribution in [0.2, 0.25) is 0 Å². The summed E-state index contributed by atoms with van der Waals surface area (Å²) in [5.74, 6) is 5.39. The number of amides is 1. The Morgan fingerprint density at radius 1 is 1.50 bits per heavy atom. The van der Waals surface area contributed by atoms with Gasteiger partial charge in [0, 0.05) is 18.7 Å². The number of carbonyl (C=O) groups is 1. The molecule has 0 fully saturated rings. The normalized spacial score (nSPS) is 20.2. The second-order valence-corrected chi connectivity index (χ2v) is 4.56. The number of nitrogens with two attached hydrogens (primary N) is 1. The second-order valence-electron chi connectivity index (χ2n) is 4.56. The Labute approximate surface area is 108 Å². The fourth-order valence-electron chi connectivity index (χ4n) is 2.23. The zero-order valence-corrected chi connectivity index (χ0v) is 11.6. The van der Waals surface area contributed by atoms with Gasteiger partial charge < -0.3 is 10.7 Å². The molecule has 0 saturated heterocycles. The van der Waals surface area contributed by atoms with Crippen LogP contribution in [0.4, 0.5) is 0 Å². The molecule has 5 nitrogen and oxygen atoms in total. The molecule has 1 aliphatic rings. The summed E-state index contributed by atoms with van der Waals surface area (Å²) in [6.07, 6.45) is 2.65. The van der Waals surface area contributed by atoms with Gasteiger partial charge in [0.05, 0.1) is 5.70 Å². The third-order valence-electron chi connectivity index (χ3n) is 3.34. The van der Waals surface area contributed by atoms with Crippen molar-refractivity contribution >= 4 is 5.91 Å². The molecule has 1 aliphatic carbocycles. The molecule has 0 radical (unpaired) electrons. The first-order valence-electron chi connectivity index (χ1n) is 6.36. The second kappa shape index (κ2) is 6.33. The van der Waals surface area contributed by atoms with E-state index in [0.717, 1.165) is 30.7 Å². The third kappa shape index (κ3) is 2.97. The lowest BCUT2D eigenvalue weighted by atomic mass is 9.87. The van der Waals surface area contributed by atoms with E-state index >= 15 is 0 Å². The number of hydrogen-bond donors (Lipinski definition) is 1. The molecular formula is C13H22N4O. The highest BCUT2D eigenvalue weighted by molar-refractivity contribution is 5.94. The molecular weight excluding hydrogens is 228 g/mol. The lowest BCUT2D eigenvalue weighted by molar-refractivity contribution is -0.127. The molecule has 18 heavy (non-hydrogen) atoms. The van der Waals surface area contributed by atoms with E-state index in [1.54, 1.807) is 0 Å². The average Bonchev–Trinajstić information content (AvgIpc) is 2.34. The lowest BCUT2D eigenvalue weighted by Gasteiger charge is -2.26. The highest BCUT2D eigenvalue weighted by Gasteiger charge is 2.25. The standard InChI is InChI=1S/C13H22N4O/c1-5-17(6-2)13(18)11-8-12(15-16-14)10(4)7-9(11)3/h8-9H,5-7H2,1-4H3,(H2,14,15). The van der Waals surface area contributed by atoms with Crippen molar-refractivity contribution < 1.29 is 4.79 Å². The summed E-state index contributed by atoms with van der Waals surface area (Å²) in [6, 6.07) is 0. The molecule has 0 heterocycles. The van der Waals surface area contributed by atoms with Gasteiger partial charge in [-0.3, -0.25) is 4.79 Å². The summed E-state index contributed by atoms with van der Waals surface area (Å²) < 4.78 is 0. The van der Waals surface area contributed by atoms with E-state index in [9.17, 15) is 4.79 Å². The first kappa shape index (κ1) is 14.4. The molecule has 0 spiro atoms. The van der Waals surface area contributed by atoms with Crippen LogP contribution < -0.4 is 5.84 Å². The van der Waals surface area contributed by atoms with Gasteiger partial charge in [0.25, 0.3) is 0 Å². The van der Waals surface area contributed by atoms with Crippen molar-refractivity contribution in [1.29, 1.82) is 0 Å². The zero-order chi connectivity index (χ0) is 13.7. The summed E-state index contributed by atoms with van der Waals surface area (Å²) >= 11 is 0. The molecule has 0 aliphatic heterocycles. The molecule has 1 rings (SSSR count). The summed E-state index contributed by atoms with van der Waals surface area (Å²) in [7, 11) is 0. The highest BCUT2D eigenvalue weighted by atomic mass is 16.2. The Kier molecular flexibility index (Phi) is 5.07. The van der Waals surface area contributed by atoms with Crippen LogP contribution >= 0.6 is 0 Å². The maximum absolute atomic E-state index is 12.4. The number of rotatable bonds is 4. The van der Waals surface area contributed by atoms with Crippen LogP contribution in [0, 0.1) is 5.92 Å². The molecule has 0 saturated carbocycles. The van der Waals surface area contributed by atoms with Gasteiger partial charge in [-0.15, -0.1) is 5.11 Å². The van der Waals surface area contributed by atoms with Crippen LogP contribution in [-0.2, 0) is 4.79 Å². The predicted octanol–water partition coefficient (Wildman–Crippen LogP) is 2.42. The number of carbonyl (C=O) groups excluding carboxylic acids is 1. The summed E-state index contributed by atoms with van der Waals surface area (Å²) in [5.41, 5.74) is 2.63. The Bertz CT molecular complexity index is 405. The quantitative estimate of drug-likeness (QED) is 0.473. The van der Waals surface area contributed by atoms with Crippen molar-refractivity contribution in [2.45, 2.75) is 34.1 Å². The maximum atomic E-state index is 12.4. The molecule has 1 atom stereocenters. The van der Waals surface area contributed by atoms with Gasteiger partial charge in [0.1, 0.15) is 0 Å². The summed E-state index contributed by atoms with van der Waals surface area (Å²) in [6.45, 7) is 9.46. The van der Waals surface area contributed by atoms with Crippen LogP contribution in [-0.4, -0.2) is 23.9 Å². The van der Waals surface area contributed by atoms with E-state index in [-0.39, 0.29) is 11.8 Å². The highest BCUT2D eigenvalue weighted by Crippen LogP contribution is 2.30. The van der Waals surface area contributed by atoms with Crippen LogP contribution in [0.3, 0.4) is 0 Å². The Balaban J connectivity index is 3.06. The van der Waals surface area contributed by atoms with Crippen LogP contribution in [0.5, 0.6) is 0 Å². The molecule has 0 aromatic carbocycles. The molecule has 0 aromatic rings. The minimum Gasteiger partial charge on any atom is -0.339 e. The van der Waals surface area contributed by atoms with Crippen LogP contribution in [0.15, 0.2) is 33.3 Å². The van der Waals surface area contributed by atoms with Crippen LogP contribution in [0.1, 0.15) is 34.1 Å². The summed E-state index contributed by atoms with van der Waals surface area (Å²) in [4.78, 5) is 14.2. The predicted molar refractivity (Wildman–Crippen MR) is 71.5 cm³/mol. The van der Waals surface area contributed by atoms with E-state index in [1.807, 2.05) is 31.7 Å². The largest absolute Gasteiger partial charge is 0.339 e. The van der Waals surface area contributed by atoms with Gasteiger partial charge in [-0.05, 0) is 44.8 Å². The van der Waals surface area contributed by atoms with E-state index in [4.69, 9.17) is 5.84 Å². The molecule has 5 heteroatoms. The van der Waals surface area contributed by atoms with Gasteiger partial charge in [-0.1, -0.05) is 12.1 Å². The zero-order valence-electron chi connectivity index (χ0n) is 11.6. The van der Waals surface area contributed by atoms with Crippen molar-refractivity contribution in [3.05, 3.63) is 22.9 Å². The number of nitrogens with zero attached hydrogens (tertiary/aromatic N) is 3. The monoisotopic (exact) mass is 250 g/mol. The first-order valence-corrected chi connectivity index (χ1v) is 6.36. The Morgan fingerprint density at radius 3 is 2.61 bits per heavy atom.